The fraction of sp³-hybridized carbons (Fsp3) is 0.486. The minimum Gasteiger partial charge on any atom is -0.497 e. The number of carbonyl (C=O) groups excluding carboxylic acids is 7. The third-order valence-corrected chi connectivity index (χ3v) is 24.1. The van der Waals surface area contributed by atoms with Crippen LogP contribution in [0.3, 0.4) is 0 Å². The molecule has 0 spiro atoms. The molecule has 8 aromatic rings. The molecule has 0 aliphatic carbocycles. The number of nitro benzene ring substituents is 1. The highest BCUT2D eigenvalue weighted by atomic mass is 16.6. The van der Waals surface area contributed by atoms with Gasteiger partial charge in [0.25, 0.3) is 0 Å². The predicted molar refractivity (Wildman–Crippen MR) is 530 cm³/mol. The second-order valence-electron chi connectivity index (χ2n) is 37.0. The van der Waals surface area contributed by atoms with Crippen LogP contribution in [0.4, 0.5) is 79.1 Å². The van der Waals surface area contributed by atoms with E-state index in [1.807, 2.05) is 25.1 Å². The molecule has 0 saturated heterocycles. The smallest absolute Gasteiger partial charge is 0.411 e. The average Bonchev–Trinajstić information content (AvgIpc) is 0.809. The van der Waals surface area contributed by atoms with Crippen molar-refractivity contribution in [3.8, 4) is 23.0 Å². The Morgan fingerprint density at radius 2 is 0.541 bits per heavy atom. The zero-order valence-corrected chi connectivity index (χ0v) is 81.7. The zero-order valence-electron chi connectivity index (χ0n) is 81.7. The molecular formula is C107H144N8O20. The number of aryl methyl sites for hydroxylation is 3. The van der Waals surface area contributed by atoms with E-state index >= 15 is 0 Å². The van der Waals surface area contributed by atoms with Gasteiger partial charge in [-0.3, -0.25) is 47.3 Å². The van der Waals surface area contributed by atoms with Crippen molar-refractivity contribution < 1.29 is 90.6 Å². The Bertz CT molecular complexity index is 4980. The van der Waals surface area contributed by atoms with Crippen molar-refractivity contribution >= 4 is 88.2 Å². The summed E-state index contributed by atoms with van der Waals surface area (Å²) in [6.45, 7) is 29.3. The van der Waals surface area contributed by atoms with Crippen LogP contribution in [0.25, 0.3) is 0 Å². The van der Waals surface area contributed by atoms with E-state index in [-0.39, 0.29) is 62.4 Å². The van der Waals surface area contributed by atoms with Gasteiger partial charge >= 0.3 is 48.3 Å². The van der Waals surface area contributed by atoms with E-state index in [1.54, 1.807) is 141 Å². The average molecular weight is 1860 g/mol. The quantitative estimate of drug-likeness (QED) is 0.0106. The fourth-order valence-corrected chi connectivity index (χ4v) is 15.6. The lowest BCUT2D eigenvalue weighted by Gasteiger charge is -2.17. The van der Waals surface area contributed by atoms with Crippen LogP contribution in [0.2, 0.25) is 0 Å². The molecule has 7 N–H and O–H groups in total. The molecule has 0 fully saturated rings. The molecule has 0 heterocycles. The number of benzene rings is 8. The number of ether oxygens (including phenoxy) is 11. The molecule has 0 aliphatic heterocycles. The van der Waals surface area contributed by atoms with Crippen LogP contribution >= 0.6 is 0 Å². The molecule has 135 heavy (non-hydrogen) atoms. The first-order chi connectivity index (χ1) is 64.8. The zero-order chi connectivity index (χ0) is 97.6. The summed E-state index contributed by atoms with van der Waals surface area (Å²) in [6, 6.07) is 43.5. The summed E-state index contributed by atoms with van der Waals surface area (Å²) in [5, 5.41) is 30.7. The van der Waals surface area contributed by atoms with Crippen molar-refractivity contribution in [2.75, 3.05) is 64.7 Å². The van der Waals surface area contributed by atoms with E-state index in [0.29, 0.717) is 110 Å². The topological polar surface area (TPSA) is 348 Å². The van der Waals surface area contributed by atoms with Crippen LogP contribution in [0.15, 0.2) is 158 Å². The van der Waals surface area contributed by atoms with E-state index in [0.717, 1.165) is 77.9 Å². The van der Waals surface area contributed by atoms with Gasteiger partial charge in [0.2, 0.25) is 5.75 Å². The van der Waals surface area contributed by atoms with E-state index in [1.165, 1.54) is 129 Å². The first-order valence-corrected chi connectivity index (χ1v) is 47.7. The molecule has 6 atom stereocenters. The Morgan fingerprint density at radius 1 is 0.281 bits per heavy atom. The molecule has 0 aromatic heterocycles. The molecule has 8 rings (SSSR count). The van der Waals surface area contributed by atoms with Crippen LogP contribution in [0.1, 0.15) is 253 Å². The van der Waals surface area contributed by atoms with Gasteiger partial charge in [0.1, 0.15) is 63.5 Å². The molecule has 0 aliphatic rings. The lowest BCUT2D eigenvalue weighted by atomic mass is 9.91. The summed E-state index contributed by atoms with van der Waals surface area (Å²) in [7, 11) is 2.67. The maximum atomic E-state index is 13.5. The minimum atomic E-state index is -0.866. The van der Waals surface area contributed by atoms with Gasteiger partial charge in [0, 0.05) is 58.4 Å². The number of rotatable bonds is 56. The second-order valence-corrected chi connectivity index (χ2v) is 37.0. The lowest BCUT2D eigenvalue weighted by Crippen LogP contribution is -2.16. The standard InChI is InChI=1S/C107H144N8O20/c1-71(2)22-16-24-73(5)26-18-28-75(7)30-20-32-77(9)52-54-127-97-60-95(61-98(62-97)128-55-53-78(10)33-21-31-76(8)29-19-27-74(6)25-17-23-72(3)4)114-107(122)134-69-87-40-49-92(56-79(87)11)111-104(119)131-66-84-36-45-90(46-37-84)109-102(117)129-64-82-34-43-89(44-35-82)108-101(116)130-65-83-38-47-91(48-39-83)110-103(118)132-67-85-41-50-93(57-80(85)12)112-105(120)133-68-86-42-51-94(58-81(86)13)113-106(121)135-70-88-59-96(125-14)63-99(126-15)100(88)115(123)124/h34-51,56-63,71-78H,16-33,52-55,64-70H2,1-15H3,(H,108,116)(H,109,117)(H,110,118)(H,111,119)(H,112,120)(H,113,121)(H,114,122)/t73-,74-,75-,76-,77?,78?/m1/s1. The summed E-state index contributed by atoms with van der Waals surface area (Å²) < 4.78 is 61.5. The Balaban J connectivity index is 0.680. The number of nitro groups is 1. The van der Waals surface area contributed by atoms with Gasteiger partial charge in [0.15, 0.2) is 0 Å². The Kier molecular flexibility index (Phi) is 46.0. The van der Waals surface area contributed by atoms with Crippen LogP contribution in [0, 0.1) is 78.2 Å². The van der Waals surface area contributed by atoms with Gasteiger partial charge in [-0.25, -0.2) is 33.6 Å². The van der Waals surface area contributed by atoms with E-state index < -0.39 is 54.2 Å². The van der Waals surface area contributed by atoms with Crippen molar-refractivity contribution in [2.24, 2.45) is 47.3 Å². The van der Waals surface area contributed by atoms with Crippen LogP contribution in [-0.4, -0.2) is 75.0 Å². The molecule has 28 nitrogen and oxygen atoms in total. The van der Waals surface area contributed by atoms with Gasteiger partial charge in [0.05, 0.1) is 43.6 Å². The maximum Gasteiger partial charge on any atom is 0.411 e. The normalized spacial score (nSPS) is 12.5. The third-order valence-electron chi connectivity index (χ3n) is 24.1. The number of methoxy groups -OCH3 is 2. The number of amides is 7. The molecule has 8 aromatic carbocycles. The first-order valence-electron chi connectivity index (χ1n) is 47.7. The molecule has 732 valence electrons. The lowest BCUT2D eigenvalue weighted by molar-refractivity contribution is -0.386. The minimum absolute atomic E-state index is 0.0172. The highest BCUT2D eigenvalue weighted by Crippen LogP contribution is 2.37. The highest BCUT2D eigenvalue weighted by Gasteiger charge is 2.26. The molecule has 0 saturated carbocycles. The number of anilines is 7. The number of hydrogen-bond acceptors (Lipinski definition) is 20. The van der Waals surface area contributed by atoms with E-state index in [4.69, 9.17) is 52.1 Å². The summed E-state index contributed by atoms with van der Waals surface area (Å²) in [5.41, 5.74) is 9.06. The van der Waals surface area contributed by atoms with Gasteiger partial charge in [-0.2, -0.15) is 0 Å². The van der Waals surface area contributed by atoms with Crippen molar-refractivity contribution in [3.63, 3.8) is 0 Å². The highest BCUT2D eigenvalue weighted by molar-refractivity contribution is 5.89. The van der Waals surface area contributed by atoms with Gasteiger partial charge in [-0.15, -0.1) is 0 Å². The van der Waals surface area contributed by atoms with Crippen LogP contribution < -0.4 is 56.2 Å². The SMILES string of the molecule is COc1cc(COC(=O)Nc2ccc(COC(=O)Nc3ccc(COC(=O)Nc4ccc(COC(=O)Nc5ccc(COC(=O)Nc6ccc(COC(=O)Nc7ccc(COC(=O)Nc8cc(OCCC(C)CCC[C@H](C)CCC[C@H](C)CCCC(C)C)cc(OCCC(C)CCC[C@H](C)CCC[C@H](C)CCCC(C)C)c8)c(C)c7)cc6)cc5)cc4)c(C)c3)c(C)c2)c([N+](=O)[O-])c(OC)c1. The Hall–Kier alpha value is -12.8. The first kappa shape index (κ1) is 108. The predicted octanol–water partition coefficient (Wildman–Crippen LogP) is 28.5. The number of carbonyl (C=O) groups is 7. The Labute approximate surface area is 797 Å². The summed E-state index contributed by atoms with van der Waals surface area (Å²) in [5.74, 6) is 7.20. The summed E-state index contributed by atoms with van der Waals surface area (Å²) in [6.07, 6.45) is 20.0. The molecule has 2 unspecified atom stereocenters. The summed E-state index contributed by atoms with van der Waals surface area (Å²) in [4.78, 5) is 102. The second kappa shape index (κ2) is 57.7. The molecule has 28 heteroatoms. The number of hydrogen-bond donors (Lipinski definition) is 7. The molecule has 0 bridgehead atoms. The van der Waals surface area contributed by atoms with E-state index in [2.05, 4.69) is 106 Å². The van der Waals surface area contributed by atoms with Gasteiger partial charge in [-0.1, -0.05) is 239 Å². The van der Waals surface area contributed by atoms with Crippen molar-refractivity contribution in [1.29, 1.82) is 0 Å². The summed E-state index contributed by atoms with van der Waals surface area (Å²) >= 11 is 0. The molecular weight excluding hydrogens is 1720 g/mol. The van der Waals surface area contributed by atoms with Crippen molar-refractivity contribution in [1.82, 2.24) is 0 Å². The van der Waals surface area contributed by atoms with Gasteiger partial charge in [-0.05, 0) is 210 Å². The third kappa shape index (κ3) is 41.7. The van der Waals surface area contributed by atoms with Crippen LogP contribution in [-0.2, 0) is 79.4 Å². The number of nitrogens with zero attached hydrogens (tertiary/aromatic N) is 1. The van der Waals surface area contributed by atoms with Crippen molar-refractivity contribution in [2.45, 2.75) is 265 Å². The largest absolute Gasteiger partial charge is 0.497 e. The maximum absolute atomic E-state index is 13.5. The molecule has 7 amide bonds. The van der Waals surface area contributed by atoms with E-state index in [9.17, 15) is 43.7 Å². The Morgan fingerprint density at radius 3 is 0.815 bits per heavy atom. The fourth-order valence-electron chi connectivity index (χ4n) is 15.6. The van der Waals surface area contributed by atoms with Gasteiger partial charge < -0.3 is 52.1 Å². The van der Waals surface area contributed by atoms with Crippen molar-refractivity contribution in [3.05, 3.63) is 223 Å². The molecule has 0 radical (unpaired) electrons. The van der Waals surface area contributed by atoms with Crippen LogP contribution in [0.5, 0.6) is 23.0 Å². The monoisotopic (exact) mass is 1860 g/mol. The number of nitrogens with one attached hydrogen (secondary N) is 7.